The molecule has 0 fully saturated rings. The normalized spacial score (nSPS) is 11.8. The average molecular weight is 373 g/mol. The predicted molar refractivity (Wildman–Crippen MR) is 105 cm³/mol. The second kappa shape index (κ2) is 7.14. The summed E-state index contributed by atoms with van der Waals surface area (Å²) in [6.07, 6.45) is 0. The third kappa shape index (κ3) is 4.02. The number of rotatable bonds is 5. The Morgan fingerprint density at radius 2 is 1.92 bits per heavy atom. The van der Waals surface area contributed by atoms with Crippen LogP contribution in [-0.4, -0.2) is 21.1 Å². The maximum atomic E-state index is 12.9. The van der Waals surface area contributed by atoms with Gasteiger partial charge in [-0.1, -0.05) is 62.9 Å². The minimum Gasteiger partial charge on any atom is -0.298 e. The number of hydrogen-bond acceptors (Lipinski definition) is 5. The number of Topliss-reactive ketones (excluding diaryl/α,β-unsaturated/α-hetero) is 1. The van der Waals surface area contributed by atoms with Gasteiger partial charge in [-0.2, -0.15) is 0 Å². The molecule has 0 aliphatic rings. The molecule has 2 heterocycles. The van der Waals surface area contributed by atoms with Crippen molar-refractivity contribution in [3.05, 3.63) is 57.7 Å². The Hall–Kier alpha value is -1.92. The van der Waals surface area contributed by atoms with Gasteiger partial charge in [-0.05, 0) is 17.0 Å². The summed E-state index contributed by atoms with van der Waals surface area (Å²) < 4.78 is 2.33. The SMILES string of the molecule is CC(C)(C)C(=O)CSc1nc2ccsc2c(=O)n1Cc1ccccc1. The predicted octanol–water partition coefficient (Wildman–Crippen LogP) is 4.21. The molecule has 25 heavy (non-hydrogen) atoms. The quantitative estimate of drug-likeness (QED) is 0.497. The van der Waals surface area contributed by atoms with Crippen molar-refractivity contribution in [2.45, 2.75) is 32.5 Å². The van der Waals surface area contributed by atoms with Gasteiger partial charge in [-0.3, -0.25) is 14.2 Å². The summed E-state index contributed by atoms with van der Waals surface area (Å²) in [5, 5.41) is 2.47. The van der Waals surface area contributed by atoms with Gasteiger partial charge in [0.25, 0.3) is 5.56 Å². The molecule has 0 saturated heterocycles. The third-order valence-electron chi connectivity index (χ3n) is 3.88. The fourth-order valence-corrected chi connectivity index (χ4v) is 4.22. The van der Waals surface area contributed by atoms with E-state index >= 15 is 0 Å². The molecule has 0 spiro atoms. The molecule has 2 aromatic heterocycles. The van der Waals surface area contributed by atoms with Crippen molar-refractivity contribution in [1.29, 1.82) is 0 Å². The van der Waals surface area contributed by atoms with Gasteiger partial charge in [0.1, 0.15) is 10.5 Å². The number of hydrogen-bond donors (Lipinski definition) is 0. The first-order valence-electron chi connectivity index (χ1n) is 8.04. The van der Waals surface area contributed by atoms with Crippen molar-refractivity contribution in [3.8, 4) is 0 Å². The summed E-state index contributed by atoms with van der Waals surface area (Å²) in [5.74, 6) is 0.448. The Morgan fingerprint density at radius 3 is 2.60 bits per heavy atom. The van der Waals surface area contributed by atoms with E-state index in [0.717, 1.165) is 5.56 Å². The van der Waals surface area contributed by atoms with Crippen LogP contribution in [0.2, 0.25) is 0 Å². The van der Waals surface area contributed by atoms with Gasteiger partial charge in [0.15, 0.2) is 5.16 Å². The maximum Gasteiger partial charge on any atom is 0.272 e. The number of fused-ring (bicyclic) bond motifs is 1. The summed E-state index contributed by atoms with van der Waals surface area (Å²) in [4.78, 5) is 29.8. The Labute approximate surface area is 154 Å². The van der Waals surface area contributed by atoms with Gasteiger partial charge in [-0.15, -0.1) is 11.3 Å². The molecule has 0 aliphatic carbocycles. The fourth-order valence-electron chi connectivity index (χ4n) is 2.29. The van der Waals surface area contributed by atoms with Crippen LogP contribution >= 0.6 is 23.1 Å². The van der Waals surface area contributed by atoms with Crippen molar-refractivity contribution in [2.75, 3.05) is 5.75 Å². The minimum absolute atomic E-state index is 0.0467. The highest BCUT2D eigenvalue weighted by atomic mass is 32.2. The van der Waals surface area contributed by atoms with Crippen LogP contribution in [0.4, 0.5) is 0 Å². The van der Waals surface area contributed by atoms with Crippen LogP contribution in [0.25, 0.3) is 10.2 Å². The molecule has 0 saturated carbocycles. The molecular weight excluding hydrogens is 352 g/mol. The molecule has 3 rings (SSSR count). The lowest BCUT2D eigenvalue weighted by Gasteiger charge is -2.17. The standard InChI is InChI=1S/C19H20N2O2S2/c1-19(2,3)15(22)12-25-18-20-14-9-10-24-16(14)17(23)21(18)11-13-7-5-4-6-8-13/h4-10H,11-12H2,1-3H3. The topological polar surface area (TPSA) is 52.0 Å². The smallest absolute Gasteiger partial charge is 0.272 e. The average Bonchev–Trinajstić information content (AvgIpc) is 3.04. The van der Waals surface area contributed by atoms with E-state index in [1.165, 1.54) is 23.1 Å². The molecule has 0 radical (unpaired) electrons. The third-order valence-corrected chi connectivity index (χ3v) is 5.75. The first-order chi connectivity index (χ1) is 11.9. The molecule has 3 aromatic rings. The number of benzene rings is 1. The summed E-state index contributed by atoms with van der Waals surface area (Å²) in [5.41, 5.74) is 1.29. The number of thiophene rings is 1. The van der Waals surface area contributed by atoms with E-state index < -0.39 is 5.41 Å². The van der Waals surface area contributed by atoms with E-state index in [2.05, 4.69) is 4.98 Å². The molecule has 0 unspecified atom stereocenters. The number of aromatic nitrogens is 2. The van der Waals surface area contributed by atoms with Crippen LogP contribution in [-0.2, 0) is 11.3 Å². The van der Waals surface area contributed by atoms with Crippen molar-refractivity contribution >= 4 is 39.1 Å². The summed E-state index contributed by atoms with van der Waals surface area (Å²) in [7, 11) is 0. The van der Waals surface area contributed by atoms with E-state index in [-0.39, 0.29) is 11.3 Å². The van der Waals surface area contributed by atoms with Crippen LogP contribution in [0.1, 0.15) is 26.3 Å². The Morgan fingerprint density at radius 1 is 1.20 bits per heavy atom. The highest BCUT2D eigenvalue weighted by Crippen LogP contribution is 2.24. The molecule has 6 heteroatoms. The lowest BCUT2D eigenvalue weighted by Crippen LogP contribution is -2.25. The van der Waals surface area contributed by atoms with Crippen molar-refractivity contribution < 1.29 is 4.79 Å². The van der Waals surface area contributed by atoms with E-state index in [1.807, 2.05) is 62.5 Å². The zero-order valence-corrected chi connectivity index (χ0v) is 16.1. The largest absolute Gasteiger partial charge is 0.298 e. The number of thioether (sulfide) groups is 1. The van der Waals surface area contributed by atoms with Gasteiger partial charge in [0, 0.05) is 5.41 Å². The first-order valence-corrected chi connectivity index (χ1v) is 9.91. The van der Waals surface area contributed by atoms with Gasteiger partial charge >= 0.3 is 0 Å². The molecule has 0 amide bonds. The van der Waals surface area contributed by atoms with Crippen LogP contribution < -0.4 is 5.56 Å². The highest BCUT2D eigenvalue weighted by Gasteiger charge is 2.22. The van der Waals surface area contributed by atoms with Crippen LogP contribution in [0.3, 0.4) is 0 Å². The molecule has 0 bridgehead atoms. The highest BCUT2D eigenvalue weighted by molar-refractivity contribution is 7.99. The lowest BCUT2D eigenvalue weighted by atomic mass is 9.92. The number of ketones is 1. The molecule has 0 aliphatic heterocycles. The van der Waals surface area contributed by atoms with Crippen LogP contribution in [0.5, 0.6) is 0 Å². The van der Waals surface area contributed by atoms with E-state index in [9.17, 15) is 9.59 Å². The molecule has 4 nitrogen and oxygen atoms in total. The van der Waals surface area contributed by atoms with E-state index in [0.29, 0.717) is 27.7 Å². The Balaban J connectivity index is 1.99. The lowest BCUT2D eigenvalue weighted by molar-refractivity contribution is -0.123. The van der Waals surface area contributed by atoms with Crippen molar-refractivity contribution in [3.63, 3.8) is 0 Å². The number of carbonyl (C=O) groups excluding carboxylic acids is 1. The van der Waals surface area contributed by atoms with Crippen LogP contribution in [0.15, 0.2) is 51.7 Å². The second-order valence-electron chi connectivity index (χ2n) is 6.87. The number of carbonyl (C=O) groups is 1. The van der Waals surface area contributed by atoms with Gasteiger partial charge in [0.2, 0.25) is 0 Å². The maximum absolute atomic E-state index is 12.9. The second-order valence-corrected chi connectivity index (χ2v) is 8.73. The van der Waals surface area contributed by atoms with Crippen molar-refractivity contribution in [1.82, 2.24) is 9.55 Å². The van der Waals surface area contributed by atoms with Gasteiger partial charge < -0.3 is 0 Å². The monoisotopic (exact) mass is 372 g/mol. The zero-order chi connectivity index (χ0) is 18.0. The van der Waals surface area contributed by atoms with E-state index in [4.69, 9.17) is 0 Å². The Kier molecular flexibility index (Phi) is 5.11. The van der Waals surface area contributed by atoms with Gasteiger partial charge in [0.05, 0.1) is 17.8 Å². The van der Waals surface area contributed by atoms with Crippen molar-refractivity contribution in [2.24, 2.45) is 5.41 Å². The first kappa shape index (κ1) is 17.9. The summed E-state index contributed by atoms with van der Waals surface area (Å²) in [6.45, 7) is 6.17. The Bertz CT molecular complexity index is 953. The van der Waals surface area contributed by atoms with Gasteiger partial charge in [-0.25, -0.2) is 4.98 Å². The van der Waals surface area contributed by atoms with Crippen LogP contribution in [0, 0.1) is 5.41 Å². The summed E-state index contributed by atoms with van der Waals surface area (Å²) >= 11 is 2.74. The molecule has 0 atom stereocenters. The molecule has 1 aromatic carbocycles. The van der Waals surface area contributed by atoms with E-state index in [1.54, 1.807) is 4.57 Å². The molecule has 0 N–H and O–H groups in total. The molecular formula is C19H20N2O2S2. The zero-order valence-electron chi connectivity index (χ0n) is 14.5. The summed E-state index contributed by atoms with van der Waals surface area (Å²) in [6, 6.07) is 11.7. The number of nitrogens with zero attached hydrogens (tertiary/aromatic N) is 2. The minimum atomic E-state index is -0.399. The fraction of sp³-hybridized carbons (Fsp3) is 0.316. The molecule has 130 valence electrons.